The molecular formula is C13H18N2O4S. The summed E-state index contributed by atoms with van der Waals surface area (Å²) in [5, 5.41) is 16.4. The fraction of sp³-hybridized carbons (Fsp3) is 0.538. The summed E-state index contributed by atoms with van der Waals surface area (Å²) in [5.41, 5.74) is -0.0972. The van der Waals surface area contributed by atoms with Crippen LogP contribution in [0.3, 0.4) is 0 Å². The molecule has 0 aliphatic carbocycles. The lowest BCUT2D eigenvalue weighted by Crippen LogP contribution is -2.57. The molecular weight excluding hydrogens is 280 g/mol. The number of carbonyl (C=O) groups excluding carboxylic acids is 1. The van der Waals surface area contributed by atoms with E-state index in [2.05, 4.69) is 17.6 Å². The van der Waals surface area contributed by atoms with Gasteiger partial charge in [-0.3, -0.25) is 0 Å². The van der Waals surface area contributed by atoms with Gasteiger partial charge in [0.2, 0.25) is 0 Å². The Labute approximate surface area is 121 Å². The van der Waals surface area contributed by atoms with Gasteiger partial charge < -0.3 is 20.5 Å². The van der Waals surface area contributed by atoms with E-state index in [1.165, 1.54) is 5.56 Å². The fourth-order valence-electron chi connectivity index (χ4n) is 2.14. The normalized spacial score (nSPS) is 21.6. The van der Waals surface area contributed by atoms with Crippen LogP contribution in [-0.2, 0) is 22.5 Å². The maximum Gasteiger partial charge on any atom is 0.332 e. The molecule has 1 atom stereocenters. The van der Waals surface area contributed by atoms with E-state index in [4.69, 9.17) is 4.74 Å². The zero-order valence-corrected chi connectivity index (χ0v) is 12.1. The van der Waals surface area contributed by atoms with Gasteiger partial charge in [-0.1, -0.05) is 6.92 Å². The topological polar surface area (TPSA) is 87.7 Å². The summed E-state index contributed by atoms with van der Waals surface area (Å²) in [5.74, 6) is -1.06. The summed E-state index contributed by atoms with van der Waals surface area (Å²) in [6, 6.07) is 1.55. The highest BCUT2D eigenvalue weighted by molar-refractivity contribution is 7.10. The van der Waals surface area contributed by atoms with Crippen molar-refractivity contribution in [3.05, 3.63) is 21.9 Å². The molecule has 1 aromatic heterocycles. The zero-order chi connectivity index (χ0) is 14.6. The van der Waals surface area contributed by atoms with Gasteiger partial charge in [0.1, 0.15) is 0 Å². The molecule has 0 saturated carbocycles. The van der Waals surface area contributed by atoms with Crippen molar-refractivity contribution in [2.24, 2.45) is 0 Å². The molecule has 1 aliphatic heterocycles. The number of nitrogens with one attached hydrogen (secondary N) is 2. The highest BCUT2D eigenvalue weighted by Gasteiger charge is 2.43. The Bertz CT molecular complexity index is 494. The molecule has 1 aliphatic rings. The summed E-state index contributed by atoms with van der Waals surface area (Å²) in [6.07, 6.45) is 1.20. The first-order valence-corrected chi connectivity index (χ1v) is 7.38. The van der Waals surface area contributed by atoms with Crippen molar-refractivity contribution in [1.29, 1.82) is 0 Å². The van der Waals surface area contributed by atoms with Gasteiger partial charge in [-0.05, 0) is 23.4 Å². The van der Waals surface area contributed by atoms with E-state index in [0.717, 1.165) is 11.3 Å². The number of carbonyl (C=O) groups is 2. The molecule has 7 heteroatoms. The van der Waals surface area contributed by atoms with E-state index in [0.29, 0.717) is 13.2 Å². The van der Waals surface area contributed by atoms with Crippen LogP contribution in [-0.4, -0.2) is 35.9 Å². The first-order valence-electron chi connectivity index (χ1n) is 6.50. The maximum atomic E-state index is 11.9. The molecule has 2 amide bonds. The van der Waals surface area contributed by atoms with Crippen LogP contribution in [0.15, 0.2) is 11.4 Å². The number of thiophene rings is 1. The SMILES string of the molecule is CCc1ccsc1CNC(=O)NC1(C(=O)O)CCOC1. The minimum absolute atomic E-state index is 0.00889. The summed E-state index contributed by atoms with van der Waals surface area (Å²) in [4.78, 5) is 24.2. The lowest BCUT2D eigenvalue weighted by molar-refractivity contribution is -0.144. The molecule has 110 valence electrons. The largest absolute Gasteiger partial charge is 0.479 e. The summed E-state index contributed by atoms with van der Waals surface area (Å²) >= 11 is 1.58. The number of urea groups is 1. The highest BCUT2D eigenvalue weighted by Crippen LogP contribution is 2.19. The van der Waals surface area contributed by atoms with Crippen molar-refractivity contribution in [3.8, 4) is 0 Å². The van der Waals surface area contributed by atoms with Crippen LogP contribution in [0, 0.1) is 0 Å². The Morgan fingerprint density at radius 1 is 1.55 bits per heavy atom. The first-order chi connectivity index (χ1) is 9.57. The van der Waals surface area contributed by atoms with Crippen LogP contribution < -0.4 is 10.6 Å². The Balaban J connectivity index is 1.91. The molecule has 1 aromatic rings. The van der Waals surface area contributed by atoms with Crippen LogP contribution >= 0.6 is 11.3 Å². The number of aryl methyl sites for hydroxylation is 1. The molecule has 0 bridgehead atoms. The van der Waals surface area contributed by atoms with Crippen molar-refractivity contribution in [2.45, 2.75) is 31.8 Å². The smallest absolute Gasteiger partial charge is 0.332 e. The van der Waals surface area contributed by atoms with Crippen LogP contribution in [0.25, 0.3) is 0 Å². The number of amides is 2. The number of hydrogen-bond donors (Lipinski definition) is 3. The Morgan fingerprint density at radius 3 is 2.95 bits per heavy atom. The van der Waals surface area contributed by atoms with Crippen LogP contribution in [0.4, 0.5) is 4.79 Å². The second-order valence-electron chi connectivity index (χ2n) is 4.72. The van der Waals surface area contributed by atoms with Crippen molar-refractivity contribution in [3.63, 3.8) is 0 Å². The van der Waals surface area contributed by atoms with Crippen LogP contribution in [0.1, 0.15) is 23.8 Å². The lowest BCUT2D eigenvalue weighted by Gasteiger charge is -2.23. The minimum Gasteiger partial charge on any atom is -0.479 e. The Kier molecular flexibility index (Phi) is 4.61. The molecule has 0 radical (unpaired) electrons. The molecule has 6 nitrogen and oxygen atoms in total. The second-order valence-corrected chi connectivity index (χ2v) is 5.72. The predicted molar refractivity (Wildman–Crippen MR) is 74.9 cm³/mol. The van der Waals surface area contributed by atoms with E-state index >= 15 is 0 Å². The van der Waals surface area contributed by atoms with Gasteiger partial charge in [0, 0.05) is 17.9 Å². The van der Waals surface area contributed by atoms with E-state index in [-0.39, 0.29) is 13.0 Å². The minimum atomic E-state index is -1.30. The number of carboxylic acids is 1. The average molecular weight is 298 g/mol. The van der Waals surface area contributed by atoms with Crippen LogP contribution in [0.2, 0.25) is 0 Å². The van der Waals surface area contributed by atoms with Gasteiger partial charge in [0.05, 0.1) is 13.2 Å². The Morgan fingerprint density at radius 2 is 2.35 bits per heavy atom. The van der Waals surface area contributed by atoms with Gasteiger partial charge in [0.15, 0.2) is 5.54 Å². The monoisotopic (exact) mass is 298 g/mol. The third kappa shape index (κ3) is 3.10. The quantitative estimate of drug-likeness (QED) is 0.766. The van der Waals surface area contributed by atoms with E-state index in [1.54, 1.807) is 11.3 Å². The first kappa shape index (κ1) is 14.8. The number of carboxylic acid groups (broad SMARTS) is 1. The fourth-order valence-corrected chi connectivity index (χ4v) is 3.06. The summed E-state index contributed by atoms with van der Waals surface area (Å²) < 4.78 is 5.09. The van der Waals surface area contributed by atoms with Gasteiger partial charge in [-0.15, -0.1) is 11.3 Å². The van der Waals surface area contributed by atoms with Gasteiger partial charge in [-0.2, -0.15) is 0 Å². The zero-order valence-electron chi connectivity index (χ0n) is 11.3. The standard InChI is InChI=1S/C13H18N2O4S/c1-2-9-3-6-20-10(9)7-14-12(18)15-13(11(16)17)4-5-19-8-13/h3,6H,2,4-5,7-8H2,1H3,(H,16,17)(H2,14,15,18). The number of rotatable bonds is 5. The lowest BCUT2D eigenvalue weighted by atomic mass is 9.99. The number of aliphatic carboxylic acids is 1. The van der Waals surface area contributed by atoms with Crippen LogP contribution in [0.5, 0.6) is 0 Å². The summed E-state index contributed by atoms with van der Waals surface area (Å²) in [7, 11) is 0. The van der Waals surface area contributed by atoms with E-state index < -0.39 is 17.5 Å². The summed E-state index contributed by atoms with van der Waals surface area (Å²) in [6.45, 7) is 2.82. The van der Waals surface area contributed by atoms with Crippen molar-refractivity contribution in [1.82, 2.24) is 10.6 Å². The van der Waals surface area contributed by atoms with E-state index in [1.807, 2.05) is 11.4 Å². The molecule has 2 rings (SSSR count). The van der Waals surface area contributed by atoms with Crippen molar-refractivity contribution in [2.75, 3.05) is 13.2 Å². The molecule has 1 unspecified atom stereocenters. The molecule has 0 spiro atoms. The van der Waals surface area contributed by atoms with Crippen molar-refractivity contribution < 1.29 is 19.4 Å². The van der Waals surface area contributed by atoms with Gasteiger partial charge >= 0.3 is 12.0 Å². The molecule has 0 aromatic carbocycles. The third-order valence-electron chi connectivity index (χ3n) is 3.41. The third-order valence-corrected chi connectivity index (χ3v) is 4.38. The second kappa shape index (κ2) is 6.23. The highest BCUT2D eigenvalue weighted by atomic mass is 32.1. The molecule has 1 saturated heterocycles. The van der Waals surface area contributed by atoms with Gasteiger partial charge in [-0.25, -0.2) is 9.59 Å². The average Bonchev–Trinajstić information content (AvgIpc) is 3.05. The number of hydrogen-bond acceptors (Lipinski definition) is 4. The van der Waals surface area contributed by atoms with E-state index in [9.17, 15) is 14.7 Å². The Hall–Kier alpha value is -1.60. The molecule has 20 heavy (non-hydrogen) atoms. The predicted octanol–water partition coefficient (Wildman–Crippen LogP) is 1.35. The van der Waals surface area contributed by atoms with Gasteiger partial charge in [0.25, 0.3) is 0 Å². The molecule has 3 N–H and O–H groups in total. The molecule has 2 heterocycles. The van der Waals surface area contributed by atoms with Crippen molar-refractivity contribution >= 4 is 23.3 Å². The molecule has 1 fully saturated rings. The maximum absolute atomic E-state index is 11.9. The number of ether oxygens (including phenoxy) is 1.